The van der Waals surface area contributed by atoms with Crippen molar-refractivity contribution in [2.75, 3.05) is 5.73 Å². The van der Waals surface area contributed by atoms with Crippen molar-refractivity contribution < 1.29 is 4.79 Å². The molecule has 1 amide bonds. The fraction of sp³-hybridized carbons (Fsp3) is 0.444. The van der Waals surface area contributed by atoms with Gasteiger partial charge in [0.1, 0.15) is 5.82 Å². The third-order valence-electron chi connectivity index (χ3n) is 4.57. The Morgan fingerprint density at radius 2 is 2.04 bits per heavy atom. The van der Waals surface area contributed by atoms with E-state index in [-0.39, 0.29) is 11.9 Å². The number of carbonyl (C=O) groups is 1. The Bertz CT molecular complexity index is 669. The minimum atomic E-state index is 0.0925. The molecule has 1 aromatic carbocycles. The molecule has 1 aromatic heterocycles. The van der Waals surface area contributed by atoms with Crippen molar-refractivity contribution in [2.45, 2.75) is 51.0 Å². The van der Waals surface area contributed by atoms with E-state index in [0.29, 0.717) is 24.1 Å². The molecule has 0 aliphatic heterocycles. The highest BCUT2D eigenvalue weighted by Gasteiger charge is 2.32. The normalized spacial score (nSPS) is 20.3. The molecule has 5 nitrogen and oxygen atoms in total. The second-order valence-corrected chi connectivity index (χ2v) is 6.75. The first-order chi connectivity index (χ1) is 11.0. The van der Waals surface area contributed by atoms with Gasteiger partial charge in [0.05, 0.1) is 6.42 Å². The summed E-state index contributed by atoms with van der Waals surface area (Å²) in [6.45, 7) is 4.34. The average molecular weight is 312 g/mol. The highest BCUT2D eigenvalue weighted by molar-refractivity contribution is 5.79. The Balaban J connectivity index is 1.45. The molecule has 1 fully saturated rings. The van der Waals surface area contributed by atoms with Crippen LogP contribution in [0.25, 0.3) is 0 Å². The summed E-state index contributed by atoms with van der Waals surface area (Å²) in [5, 5.41) is 10.00. The molecule has 1 aliphatic rings. The summed E-state index contributed by atoms with van der Waals surface area (Å²) in [7, 11) is 0. The number of aromatic nitrogens is 2. The van der Waals surface area contributed by atoms with Crippen molar-refractivity contribution in [3.63, 3.8) is 0 Å². The monoisotopic (exact) mass is 312 g/mol. The number of amides is 1. The van der Waals surface area contributed by atoms with Crippen molar-refractivity contribution >= 4 is 11.7 Å². The Morgan fingerprint density at radius 3 is 2.61 bits per heavy atom. The SMILES string of the molecule is CC(C)c1ccc(CC(=O)NC2CC(c3cc(N)n[nH]3)C2)cc1. The first kappa shape index (κ1) is 15.6. The van der Waals surface area contributed by atoms with Crippen LogP contribution < -0.4 is 11.1 Å². The molecular formula is C18H24N4O. The zero-order valence-electron chi connectivity index (χ0n) is 13.7. The van der Waals surface area contributed by atoms with Gasteiger partial charge in [-0.15, -0.1) is 0 Å². The lowest BCUT2D eigenvalue weighted by atomic mass is 9.78. The highest BCUT2D eigenvalue weighted by atomic mass is 16.1. The van der Waals surface area contributed by atoms with Gasteiger partial charge in [0.15, 0.2) is 0 Å². The summed E-state index contributed by atoms with van der Waals surface area (Å²) in [5.41, 5.74) is 9.04. The minimum absolute atomic E-state index is 0.0925. The number of nitrogens with zero attached hydrogens (tertiary/aromatic N) is 1. The fourth-order valence-electron chi connectivity index (χ4n) is 3.04. The maximum Gasteiger partial charge on any atom is 0.224 e. The number of aromatic amines is 1. The van der Waals surface area contributed by atoms with Gasteiger partial charge >= 0.3 is 0 Å². The van der Waals surface area contributed by atoms with E-state index in [1.54, 1.807) is 0 Å². The summed E-state index contributed by atoms with van der Waals surface area (Å²) >= 11 is 0. The van der Waals surface area contributed by atoms with Crippen molar-refractivity contribution in [1.82, 2.24) is 15.5 Å². The lowest BCUT2D eigenvalue weighted by molar-refractivity contribution is -0.121. The molecule has 23 heavy (non-hydrogen) atoms. The second kappa shape index (κ2) is 6.44. The highest BCUT2D eigenvalue weighted by Crippen LogP contribution is 2.36. The number of rotatable bonds is 5. The largest absolute Gasteiger partial charge is 0.382 e. The zero-order valence-corrected chi connectivity index (χ0v) is 13.7. The van der Waals surface area contributed by atoms with Crippen LogP contribution in [0.2, 0.25) is 0 Å². The van der Waals surface area contributed by atoms with Crippen LogP contribution >= 0.6 is 0 Å². The van der Waals surface area contributed by atoms with Crippen LogP contribution in [0, 0.1) is 0 Å². The van der Waals surface area contributed by atoms with Gasteiger partial charge in [0, 0.05) is 23.7 Å². The summed E-state index contributed by atoms with van der Waals surface area (Å²) in [5.74, 6) is 1.56. The Kier molecular flexibility index (Phi) is 4.37. The summed E-state index contributed by atoms with van der Waals surface area (Å²) in [6, 6.07) is 10.4. The number of nitrogen functional groups attached to an aromatic ring is 1. The number of nitrogens with one attached hydrogen (secondary N) is 2. The van der Waals surface area contributed by atoms with Crippen LogP contribution in [0.1, 0.15) is 55.3 Å². The van der Waals surface area contributed by atoms with Crippen molar-refractivity contribution in [3.8, 4) is 0 Å². The molecule has 1 heterocycles. The maximum atomic E-state index is 12.1. The van der Waals surface area contributed by atoms with Crippen molar-refractivity contribution in [1.29, 1.82) is 0 Å². The number of anilines is 1. The second-order valence-electron chi connectivity index (χ2n) is 6.75. The molecule has 1 aliphatic carbocycles. The van der Waals surface area contributed by atoms with E-state index in [4.69, 9.17) is 5.73 Å². The molecule has 2 aromatic rings. The van der Waals surface area contributed by atoms with Crippen LogP contribution in [0.4, 0.5) is 5.82 Å². The predicted molar refractivity (Wildman–Crippen MR) is 91.1 cm³/mol. The first-order valence-corrected chi connectivity index (χ1v) is 8.20. The molecule has 0 atom stereocenters. The summed E-state index contributed by atoms with van der Waals surface area (Å²) in [6.07, 6.45) is 2.33. The fourth-order valence-corrected chi connectivity index (χ4v) is 3.04. The summed E-state index contributed by atoms with van der Waals surface area (Å²) < 4.78 is 0. The van der Waals surface area contributed by atoms with Crippen molar-refractivity contribution in [2.24, 2.45) is 0 Å². The standard InChI is InChI=1S/C18H24N4O/c1-11(2)13-5-3-12(4-6-13)7-18(23)20-15-8-14(9-15)16-10-17(19)22-21-16/h3-6,10-11,14-15H,7-9H2,1-2H3,(H,20,23)(H3,19,21,22). The van der Waals surface area contributed by atoms with Crippen LogP contribution in [0.5, 0.6) is 0 Å². The molecular weight excluding hydrogens is 288 g/mol. The molecule has 0 radical (unpaired) electrons. The maximum absolute atomic E-state index is 12.1. The van der Waals surface area contributed by atoms with E-state index in [9.17, 15) is 4.79 Å². The Hall–Kier alpha value is -2.30. The van der Waals surface area contributed by atoms with Crippen LogP contribution in [-0.2, 0) is 11.2 Å². The average Bonchev–Trinajstić information content (AvgIpc) is 2.89. The molecule has 0 spiro atoms. The van der Waals surface area contributed by atoms with Gasteiger partial charge in [-0.25, -0.2) is 0 Å². The zero-order chi connectivity index (χ0) is 16.4. The molecule has 122 valence electrons. The van der Waals surface area contributed by atoms with Gasteiger partial charge in [-0.3, -0.25) is 9.89 Å². The topological polar surface area (TPSA) is 83.8 Å². The first-order valence-electron chi connectivity index (χ1n) is 8.20. The quantitative estimate of drug-likeness (QED) is 0.793. The van der Waals surface area contributed by atoms with E-state index in [1.165, 1.54) is 5.56 Å². The number of carbonyl (C=O) groups excluding carboxylic acids is 1. The molecule has 4 N–H and O–H groups in total. The van der Waals surface area contributed by atoms with Crippen LogP contribution in [0.3, 0.4) is 0 Å². The number of hydrogen-bond acceptors (Lipinski definition) is 3. The van der Waals surface area contributed by atoms with Crippen LogP contribution in [-0.4, -0.2) is 22.1 Å². The third-order valence-corrected chi connectivity index (χ3v) is 4.57. The van der Waals surface area contributed by atoms with E-state index in [2.05, 4.69) is 41.5 Å². The molecule has 0 bridgehead atoms. The predicted octanol–water partition coefficient (Wildman–Crippen LogP) is 2.72. The molecule has 0 saturated heterocycles. The van der Waals surface area contributed by atoms with Crippen LogP contribution in [0.15, 0.2) is 30.3 Å². The van der Waals surface area contributed by atoms with E-state index in [1.807, 2.05) is 18.2 Å². The van der Waals surface area contributed by atoms with Gasteiger partial charge in [-0.2, -0.15) is 5.10 Å². The molecule has 1 saturated carbocycles. The van der Waals surface area contributed by atoms with Gasteiger partial charge < -0.3 is 11.1 Å². The van der Waals surface area contributed by atoms with E-state index < -0.39 is 0 Å². The van der Waals surface area contributed by atoms with Gasteiger partial charge in [0.2, 0.25) is 5.91 Å². The molecule has 3 rings (SSSR count). The van der Waals surface area contributed by atoms with Crippen molar-refractivity contribution in [3.05, 3.63) is 47.2 Å². The van der Waals surface area contributed by atoms with E-state index in [0.717, 1.165) is 24.1 Å². The number of hydrogen-bond donors (Lipinski definition) is 3. The Labute approximate surface area is 136 Å². The van der Waals surface area contributed by atoms with Gasteiger partial charge in [0.25, 0.3) is 0 Å². The number of H-pyrrole nitrogens is 1. The Morgan fingerprint density at radius 1 is 1.35 bits per heavy atom. The van der Waals surface area contributed by atoms with Gasteiger partial charge in [-0.1, -0.05) is 38.1 Å². The lowest BCUT2D eigenvalue weighted by Gasteiger charge is -2.35. The molecule has 0 unspecified atom stereocenters. The third kappa shape index (κ3) is 3.73. The minimum Gasteiger partial charge on any atom is -0.382 e. The lowest BCUT2D eigenvalue weighted by Crippen LogP contribution is -2.44. The van der Waals surface area contributed by atoms with E-state index >= 15 is 0 Å². The number of benzene rings is 1. The number of nitrogens with two attached hydrogens (primary N) is 1. The molecule has 5 heteroatoms. The van der Waals surface area contributed by atoms with Gasteiger partial charge in [-0.05, 0) is 29.9 Å². The summed E-state index contributed by atoms with van der Waals surface area (Å²) in [4.78, 5) is 12.1. The smallest absolute Gasteiger partial charge is 0.224 e.